The van der Waals surface area contributed by atoms with Crippen molar-refractivity contribution >= 4 is 23.3 Å². The highest BCUT2D eigenvalue weighted by molar-refractivity contribution is 6.30. The predicted octanol–water partition coefficient (Wildman–Crippen LogP) is 2.65. The number of anilines is 1. The second-order valence-electron chi connectivity index (χ2n) is 4.59. The summed E-state index contributed by atoms with van der Waals surface area (Å²) < 4.78 is 0. The molecule has 0 saturated carbocycles. The first-order chi connectivity index (χ1) is 10.1. The predicted molar refractivity (Wildman–Crippen MR) is 84.4 cm³/mol. The maximum Gasteiger partial charge on any atom is 0.216 e. The third kappa shape index (κ3) is 4.16. The monoisotopic (exact) mass is 304 g/mol. The van der Waals surface area contributed by atoms with Crippen molar-refractivity contribution in [1.82, 2.24) is 15.3 Å². The van der Waals surface area contributed by atoms with E-state index in [-0.39, 0.29) is 5.91 Å². The number of amides is 1. The molecule has 1 aromatic carbocycles. The van der Waals surface area contributed by atoms with Gasteiger partial charge in [0.05, 0.1) is 0 Å². The number of carbonyl (C=O) groups is 1. The molecule has 5 nitrogen and oxygen atoms in total. The summed E-state index contributed by atoms with van der Waals surface area (Å²) >= 11 is 6.17. The first-order valence-electron chi connectivity index (χ1n) is 6.66. The maximum atomic E-state index is 10.8. The fourth-order valence-electron chi connectivity index (χ4n) is 1.80. The van der Waals surface area contributed by atoms with Crippen molar-refractivity contribution in [2.75, 3.05) is 18.4 Å². The normalized spacial score (nSPS) is 10.2. The Morgan fingerprint density at radius 1 is 1.19 bits per heavy atom. The molecule has 1 amide bonds. The molecule has 6 heteroatoms. The summed E-state index contributed by atoms with van der Waals surface area (Å²) in [5, 5.41) is 6.31. The lowest BCUT2D eigenvalue weighted by Gasteiger charge is -2.11. The molecule has 1 heterocycles. The highest BCUT2D eigenvalue weighted by atomic mass is 35.5. The average molecular weight is 305 g/mol. The minimum absolute atomic E-state index is 0.0563. The maximum absolute atomic E-state index is 10.8. The molecule has 0 aliphatic carbocycles. The zero-order valence-corrected chi connectivity index (χ0v) is 12.7. The minimum atomic E-state index is -0.0563. The number of hydrogen-bond donors (Lipinski definition) is 2. The molecule has 0 unspecified atom stereocenters. The van der Waals surface area contributed by atoms with Gasteiger partial charge in [0, 0.05) is 31.1 Å². The lowest BCUT2D eigenvalue weighted by Crippen LogP contribution is -2.26. The van der Waals surface area contributed by atoms with Gasteiger partial charge in [-0.2, -0.15) is 0 Å². The minimum Gasteiger partial charge on any atom is -0.368 e. The molecule has 1 aromatic heterocycles. The zero-order valence-electron chi connectivity index (χ0n) is 12.0. The average Bonchev–Trinajstić information content (AvgIpc) is 2.48. The SMILES string of the molecule is CC(=O)NCCNc1nc(-c2ccccc2)nc(Cl)c1C. The van der Waals surface area contributed by atoms with Gasteiger partial charge in [-0.3, -0.25) is 4.79 Å². The number of rotatable bonds is 5. The molecule has 0 aliphatic rings. The molecular formula is C15H17ClN4O. The Labute approximate surface area is 128 Å². The van der Waals surface area contributed by atoms with Gasteiger partial charge in [-0.15, -0.1) is 0 Å². The second-order valence-corrected chi connectivity index (χ2v) is 4.95. The zero-order chi connectivity index (χ0) is 15.2. The fourth-order valence-corrected chi connectivity index (χ4v) is 1.97. The molecule has 0 bridgehead atoms. The van der Waals surface area contributed by atoms with Crippen LogP contribution in [-0.4, -0.2) is 29.0 Å². The number of halogens is 1. The standard InChI is InChI=1S/C15H17ClN4O/c1-10-13(16)19-15(12-6-4-3-5-7-12)20-14(10)18-9-8-17-11(2)21/h3-7H,8-9H2,1-2H3,(H,17,21)(H,18,19,20). The first kappa shape index (κ1) is 15.3. The molecule has 0 fully saturated rings. The number of aromatic nitrogens is 2. The molecular weight excluding hydrogens is 288 g/mol. The molecule has 2 N–H and O–H groups in total. The molecule has 0 atom stereocenters. The Bertz CT molecular complexity index is 631. The number of hydrogen-bond acceptors (Lipinski definition) is 4. The topological polar surface area (TPSA) is 66.9 Å². The van der Waals surface area contributed by atoms with Gasteiger partial charge in [0.1, 0.15) is 11.0 Å². The van der Waals surface area contributed by atoms with Gasteiger partial charge in [-0.05, 0) is 6.92 Å². The number of nitrogens with one attached hydrogen (secondary N) is 2. The Kier molecular flexibility index (Phi) is 5.11. The van der Waals surface area contributed by atoms with E-state index < -0.39 is 0 Å². The van der Waals surface area contributed by atoms with E-state index in [1.165, 1.54) is 6.92 Å². The quantitative estimate of drug-likeness (QED) is 0.658. The van der Waals surface area contributed by atoms with Crippen LogP contribution in [0.5, 0.6) is 0 Å². The van der Waals surface area contributed by atoms with Gasteiger partial charge in [-0.1, -0.05) is 41.9 Å². The summed E-state index contributed by atoms with van der Waals surface area (Å²) in [5.41, 5.74) is 1.70. The van der Waals surface area contributed by atoms with Gasteiger partial charge in [0.15, 0.2) is 5.82 Å². The van der Waals surface area contributed by atoms with Gasteiger partial charge in [0.25, 0.3) is 0 Å². The number of carbonyl (C=O) groups excluding carboxylic acids is 1. The van der Waals surface area contributed by atoms with Crippen molar-refractivity contribution < 1.29 is 4.79 Å². The van der Waals surface area contributed by atoms with Gasteiger partial charge in [-0.25, -0.2) is 9.97 Å². The second kappa shape index (κ2) is 7.04. The molecule has 0 aliphatic heterocycles. The van der Waals surface area contributed by atoms with E-state index in [2.05, 4.69) is 20.6 Å². The van der Waals surface area contributed by atoms with Crippen molar-refractivity contribution in [1.29, 1.82) is 0 Å². The van der Waals surface area contributed by atoms with E-state index >= 15 is 0 Å². The highest BCUT2D eigenvalue weighted by Crippen LogP contribution is 2.24. The smallest absolute Gasteiger partial charge is 0.216 e. The summed E-state index contributed by atoms with van der Waals surface area (Å²) in [6.07, 6.45) is 0. The molecule has 0 radical (unpaired) electrons. The largest absolute Gasteiger partial charge is 0.368 e. The van der Waals surface area contributed by atoms with Crippen LogP contribution in [0.1, 0.15) is 12.5 Å². The molecule has 2 rings (SSSR count). The summed E-state index contributed by atoms with van der Waals surface area (Å²) in [7, 11) is 0. The van der Waals surface area contributed by atoms with E-state index in [1.807, 2.05) is 37.3 Å². The van der Waals surface area contributed by atoms with Crippen molar-refractivity contribution in [3.63, 3.8) is 0 Å². The lowest BCUT2D eigenvalue weighted by molar-refractivity contribution is -0.118. The molecule has 21 heavy (non-hydrogen) atoms. The lowest BCUT2D eigenvalue weighted by atomic mass is 10.2. The Morgan fingerprint density at radius 2 is 1.90 bits per heavy atom. The summed E-state index contributed by atoms with van der Waals surface area (Å²) in [6, 6.07) is 9.66. The summed E-state index contributed by atoms with van der Waals surface area (Å²) in [4.78, 5) is 19.6. The van der Waals surface area contributed by atoms with Crippen LogP contribution in [0.15, 0.2) is 30.3 Å². The van der Waals surface area contributed by atoms with Crippen LogP contribution < -0.4 is 10.6 Å². The van der Waals surface area contributed by atoms with Crippen LogP contribution in [0.4, 0.5) is 5.82 Å². The van der Waals surface area contributed by atoms with Crippen LogP contribution in [0, 0.1) is 6.92 Å². The Morgan fingerprint density at radius 3 is 2.57 bits per heavy atom. The van der Waals surface area contributed by atoms with Crippen molar-refractivity contribution in [3.8, 4) is 11.4 Å². The molecule has 0 saturated heterocycles. The number of benzene rings is 1. The van der Waals surface area contributed by atoms with Crippen molar-refractivity contribution in [2.24, 2.45) is 0 Å². The van der Waals surface area contributed by atoms with E-state index in [4.69, 9.17) is 11.6 Å². The van der Waals surface area contributed by atoms with Crippen LogP contribution in [-0.2, 0) is 4.79 Å². The van der Waals surface area contributed by atoms with E-state index in [1.54, 1.807) is 0 Å². The van der Waals surface area contributed by atoms with E-state index in [9.17, 15) is 4.79 Å². The Hall–Kier alpha value is -2.14. The van der Waals surface area contributed by atoms with Crippen molar-refractivity contribution in [2.45, 2.75) is 13.8 Å². The number of nitrogens with zero attached hydrogens (tertiary/aromatic N) is 2. The summed E-state index contributed by atoms with van der Waals surface area (Å²) in [6.45, 7) is 4.44. The molecule has 110 valence electrons. The van der Waals surface area contributed by atoms with E-state index in [0.29, 0.717) is 29.9 Å². The van der Waals surface area contributed by atoms with Crippen molar-refractivity contribution in [3.05, 3.63) is 41.0 Å². The van der Waals surface area contributed by atoms with Gasteiger partial charge >= 0.3 is 0 Å². The van der Waals surface area contributed by atoms with Crippen LogP contribution >= 0.6 is 11.6 Å². The fraction of sp³-hybridized carbons (Fsp3) is 0.267. The Balaban J connectivity index is 2.17. The van der Waals surface area contributed by atoms with Crippen LogP contribution in [0.3, 0.4) is 0 Å². The van der Waals surface area contributed by atoms with Gasteiger partial charge in [0.2, 0.25) is 5.91 Å². The highest BCUT2D eigenvalue weighted by Gasteiger charge is 2.10. The first-order valence-corrected chi connectivity index (χ1v) is 7.03. The van der Waals surface area contributed by atoms with E-state index in [0.717, 1.165) is 11.1 Å². The van der Waals surface area contributed by atoms with Crippen LogP contribution in [0.2, 0.25) is 5.15 Å². The third-order valence-electron chi connectivity index (χ3n) is 2.91. The summed E-state index contributed by atoms with van der Waals surface area (Å²) in [5.74, 6) is 1.20. The third-order valence-corrected chi connectivity index (χ3v) is 3.28. The van der Waals surface area contributed by atoms with Crippen LogP contribution in [0.25, 0.3) is 11.4 Å². The van der Waals surface area contributed by atoms with Gasteiger partial charge < -0.3 is 10.6 Å². The molecule has 0 spiro atoms. The molecule has 2 aromatic rings.